The monoisotopic (exact) mass is 448 g/mol. The Balaban J connectivity index is 2.14. The van der Waals surface area contributed by atoms with Crippen molar-refractivity contribution in [2.75, 3.05) is 18.9 Å². The molecule has 1 atom stereocenters. The Morgan fingerprint density at radius 3 is 2.55 bits per heavy atom. The van der Waals surface area contributed by atoms with Gasteiger partial charge in [0.2, 0.25) is 11.8 Å². The van der Waals surface area contributed by atoms with Crippen molar-refractivity contribution in [1.82, 2.24) is 10.2 Å². The Morgan fingerprint density at radius 1 is 1.24 bits per heavy atom. The van der Waals surface area contributed by atoms with Gasteiger partial charge in [0.05, 0.1) is 6.34 Å². The van der Waals surface area contributed by atoms with Gasteiger partial charge in [0.15, 0.2) is 0 Å². The van der Waals surface area contributed by atoms with E-state index in [2.05, 4.69) is 62.3 Å². The molecule has 1 aromatic carbocycles. The predicted octanol–water partition coefficient (Wildman–Crippen LogP) is 5.20. The molecule has 33 heavy (non-hydrogen) atoms. The standard InChI is InChI=1S/C27H36N4O2/c1-8-29-25-10-9-22(13-19(25)4)24-15-17(2)23(14-18(24)3)20(5)21(6)27(33)30-12-11-26(32)31(7)16-28/h8-10,13,15-16,23,28-29H,1,11-12,14H2,2-7H3,(H,30,33)/b21-20+,28-16?. The number of allylic oxidation sites excluding steroid dienone is 5. The number of hydrogen-bond acceptors (Lipinski definition) is 4. The van der Waals surface area contributed by atoms with Crippen LogP contribution in [0.4, 0.5) is 5.69 Å². The number of hydrogen-bond donors (Lipinski definition) is 3. The molecule has 6 nitrogen and oxygen atoms in total. The number of carbonyl (C=O) groups excluding carboxylic acids is 2. The molecule has 1 aliphatic rings. The van der Waals surface area contributed by atoms with Crippen molar-refractivity contribution in [3.05, 3.63) is 70.5 Å². The zero-order valence-corrected chi connectivity index (χ0v) is 20.6. The minimum absolute atomic E-state index is 0.154. The average molecular weight is 449 g/mol. The second-order valence-corrected chi connectivity index (χ2v) is 8.66. The molecule has 2 amide bonds. The van der Waals surface area contributed by atoms with E-state index in [1.807, 2.05) is 13.8 Å². The molecule has 0 saturated carbocycles. The Kier molecular flexibility index (Phi) is 8.97. The van der Waals surface area contributed by atoms with E-state index in [1.54, 1.807) is 6.20 Å². The van der Waals surface area contributed by atoms with Gasteiger partial charge in [-0.05, 0) is 76.1 Å². The fourth-order valence-corrected chi connectivity index (χ4v) is 4.06. The summed E-state index contributed by atoms with van der Waals surface area (Å²) < 4.78 is 0. The highest BCUT2D eigenvalue weighted by Gasteiger charge is 2.24. The van der Waals surface area contributed by atoms with Crippen molar-refractivity contribution in [1.29, 1.82) is 5.41 Å². The minimum atomic E-state index is -0.202. The number of aryl methyl sites for hydroxylation is 1. The third-order valence-electron chi connectivity index (χ3n) is 6.35. The SMILES string of the molecule is C=CNc1ccc(C2=C(C)CC(/C(C)=C(\C)C(=O)NCCC(=O)N(C)C=N)C(C)=C2)cc1C. The summed E-state index contributed by atoms with van der Waals surface area (Å²) in [6.45, 7) is 14.2. The fraction of sp³-hybridized carbons (Fsp3) is 0.370. The van der Waals surface area contributed by atoms with Gasteiger partial charge in [-0.2, -0.15) is 0 Å². The van der Waals surface area contributed by atoms with Crippen LogP contribution in [0.15, 0.2) is 59.3 Å². The highest BCUT2D eigenvalue weighted by atomic mass is 16.2. The lowest BCUT2D eigenvalue weighted by Gasteiger charge is -2.27. The van der Waals surface area contributed by atoms with E-state index in [-0.39, 0.29) is 30.7 Å². The van der Waals surface area contributed by atoms with Gasteiger partial charge in [-0.1, -0.05) is 35.4 Å². The van der Waals surface area contributed by atoms with Crippen LogP contribution in [0.1, 0.15) is 51.7 Å². The smallest absolute Gasteiger partial charge is 0.246 e. The average Bonchev–Trinajstić information content (AvgIpc) is 2.79. The summed E-state index contributed by atoms with van der Waals surface area (Å²) >= 11 is 0. The number of amides is 2. The third kappa shape index (κ3) is 6.31. The minimum Gasteiger partial charge on any atom is -0.362 e. The first-order chi connectivity index (χ1) is 15.6. The molecule has 3 N–H and O–H groups in total. The maximum atomic E-state index is 12.7. The number of carbonyl (C=O) groups is 2. The highest BCUT2D eigenvalue weighted by molar-refractivity contribution is 5.94. The zero-order chi connectivity index (χ0) is 24.7. The van der Waals surface area contributed by atoms with Gasteiger partial charge in [0, 0.05) is 37.2 Å². The molecule has 0 bridgehead atoms. The van der Waals surface area contributed by atoms with Crippen LogP contribution in [0.5, 0.6) is 0 Å². The van der Waals surface area contributed by atoms with Crippen LogP contribution in [0.3, 0.4) is 0 Å². The predicted molar refractivity (Wildman–Crippen MR) is 137 cm³/mol. The van der Waals surface area contributed by atoms with Crippen LogP contribution in [0.2, 0.25) is 0 Å². The van der Waals surface area contributed by atoms with Crippen molar-refractivity contribution in [3.63, 3.8) is 0 Å². The molecule has 1 aromatic rings. The van der Waals surface area contributed by atoms with Crippen molar-refractivity contribution in [2.24, 2.45) is 5.92 Å². The van der Waals surface area contributed by atoms with Crippen LogP contribution < -0.4 is 10.6 Å². The van der Waals surface area contributed by atoms with E-state index in [9.17, 15) is 9.59 Å². The molecule has 0 aliphatic heterocycles. The summed E-state index contributed by atoms with van der Waals surface area (Å²) in [6.07, 6.45) is 5.91. The van der Waals surface area contributed by atoms with Crippen LogP contribution in [0, 0.1) is 18.3 Å². The van der Waals surface area contributed by atoms with Gasteiger partial charge in [0.1, 0.15) is 0 Å². The molecule has 0 fully saturated rings. The van der Waals surface area contributed by atoms with Crippen LogP contribution in [-0.2, 0) is 9.59 Å². The molecule has 6 heteroatoms. The first kappa shape index (κ1) is 25.8. The second kappa shape index (κ2) is 11.5. The lowest BCUT2D eigenvalue weighted by molar-refractivity contribution is -0.126. The Morgan fingerprint density at radius 2 is 1.94 bits per heavy atom. The van der Waals surface area contributed by atoms with Gasteiger partial charge in [0.25, 0.3) is 0 Å². The molecule has 2 rings (SSSR count). The topological polar surface area (TPSA) is 85.3 Å². The number of benzene rings is 1. The van der Waals surface area contributed by atoms with Crippen molar-refractivity contribution < 1.29 is 9.59 Å². The molecule has 1 unspecified atom stereocenters. The molecular formula is C27H36N4O2. The quantitative estimate of drug-likeness (QED) is 0.276. The van der Waals surface area contributed by atoms with Gasteiger partial charge < -0.3 is 15.5 Å². The van der Waals surface area contributed by atoms with E-state index >= 15 is 0 Å². The molecule has 176 valence electrons. The van der Waals surface area contributed by atoms with E-state index in [0.29, 0.717) is 5.57 Å². The molecule has 1 aliphatic carbocycles. The maximum absolute atomic E-state index is 12.7. The van der Waals surface area contributed by atoms with E-state index in [4.69, 9.17) is 5.41 Å². The second-order valence-electron chi connectivity index (χ2n) is 8.66. The van der Waals surface area contributed by atoms with Gasteiger partial charge in [-0.25, -0.2) is 0 Å². The summed E-state index contributed by atoms with van der Waals surface area (Å²) in [5.74, 6) is -0.182. The Labute approximate surface area is 197 Å². The lowest BCUT2D eigenvalue weighted by Crippen LogP contribution is -2.32. The van der Waals surface area contributed by atoms with E-state index in [1.165, 1.54) is 34.2 Å². The van der Waals surface area contributed by atoms with Gasteiger partial charge >= 0.3 is 0 Å². The summed E-state index contributed by atoms with van der Waals surface area (Å²) in [4.78, 5) is 25.7. The summed E-state index contributed by atoms with van der Waals surface area (Å²) in [7, 11) is 1.53. The van der Waals surface area contributed by atoms with E-state index in [0.717, 1.165) is 29.6 Å². The first-order valence-electron chi connectivity index (χ1n) is 11.2. The lowest BCUT2D eigenvalue weighted by atomic mass is 9.78. The molecule has 0 spiro atoms. The number of nitrogens with zero attached hydrogens (tertiary/aromatic N) is 1. The number of rotatable bonds is 9. The fourth-order valence-electron chi connectivity index (χ4n) is 4.06. The maximum Gasteiger partial charge on any atom is 0.246 e. The van der Waals surface area contributed by atoms with Crippen LogP contribution in [-0.4, -0.2) is 36.6 Å². The molecule has 0 saturated heterocycles. The number of nitrogens with one attached hydrogen (secondary N) is 3. The van der Waals surface area contributed by atoms with Crippen LogP contribution >= 0.6 is 0 Å². The van der Waals surface area contributed by atoms with Gasteiger partial charge in [-0.15, -0.1) is 0 Å². The largest absolute Gasteiger partial charge is 0.362 e. The molecule has 0 aromatic heterocycles. The van der Waals surface area contributed by atoms with Crippen molar-refractivity contribution >= 4 is 29.4 Å². The summed E-state index contributed by atoms with van der Waals surface area (Å²) in [6, 6.07) is 6.39. The Hall–Kier alpha value is -3.41. The molecular weight excluding hydrogens is 412 g/mol. The van der Waals surface area contributed by atoms with Crippen LogP contribution in [0.25, 0.3) is 5.57 Å². The first-order valence-corrected chi connectivity index (χ1v) is 11.2. The molecule has 0 heterocycles. The third-order valence-corrected chi connectivity index (χ3v) is 6.35. The van der Waals surface area contributed by atoms with Crippen molar-refractivity contribution in [3.8, 4) is 0 Å². The normalized spacial score (nSPS) is 16.4. The van der Waals surface area contributed by atoms with Crippen molar-refractivity contribution in [2.45, 2.75) is 47.5 Å². The molecule has 0 radical (unpaired) electrons. The summed E-state index contributed by atoms with van der Waals surface area (Å²) in [5, 5.41) is 13.1. The Bertz CT molecular complexity index is 1050. The summed E-state index contributed by atoms with van der Waals surface area (Å²) in [5.41, 5.74) is 8.89. The zero-order valence-electron chi connectivity index (χ0n) is 20.6. The van der Waals surface area contributed by atoms with Gasteiger partial charge in [-0.3, -0.25) is 15.0 Å². The number of anilines is 1. The highest BCUT2D eigenvalue weighted by Crippen LogP contribution is 2.39. The van der Waals surface area contributed by atoms with E-state index < -0.39 is 0 Å².